The van der Waals surface area contributed by atoms with Crippen LogP contribution in [0, 0.1) is 0 Å². The zero-order valence-corrected chi connectivity index (χ0v) is 10.1. The highest BCUT2D eigenvalue weighted by Crippen LogP contribution is 2.23. The summed E-state index contributed by atoms with van der Waals surface area (Å²) in [5, 5.41) is 0. The molecular weight excluding hydrogens is 211 g/mol. The van der Waals surface area contributed by atoms with E-state index in [0.717, 1.165) is 0 Å². The Hall–Kier alpha value is -0.840. The number of carbonyl (C=O) groups is 1. The summed E-state index contributed by atoms with van der Waals surface area (Å²) in [6.07, 6.45) is -0.934. The highest BCUT2D eigenvalue weighted by Gasteiger charge is 2.41. The van der Waals surface area contributed by atoms with Gasteiger partial charge in [-0.2, -0.15) is 0 Å². The lowest BCUT2D eigenvalue weighted by molar-refractivity contribution is -0.0508. The molecule has 0 spiro atoms. The van der Waals surface area contributed by atoms with Crippen molar-refractivity contribution in [2.45, 2.75) is 38.6 Å². The van der Waals surface area contributed by atoms with E-state index in [1.165, 1.54) is 0 Å². The fraction of sp³-hybridized carbons (Fsp3) is 0.909. The second kappa shape index (κ2) is 3.87. The van der Waals surface area contributed by atoms with Crippen molar-refractivity contribution in [1.82, 2.24) is 9.80 Å². The zero-order chi connectivity index (χ0) is 11.9. The smallest absolute Gasteiger partial charge is 0.410 e. The van der Waals surface area contributed by atoms with E-state index >= 15 is 0 Å². The number of nitrogens with zero attached hydrogens (tertiary/aromatic N) is 2. The van der Waals surface area contributed by atoms with E-state index in [4.69, 9.17) is 4.74 Å². The maximum Gasteiger partial charge on any atom is 0.410 e. The molecule has 16 heavy (non-hydrogen) atoms. The largest absolute Gasteiger partial charge is 0.444 e. The normalized spacial score (nSPS) is 23.9. The number of hydrogen-bond donors (Lipinski definition) is 0. The summed E-state index contributed by atoms with van der Waals surface area (Å²) in [4.78, 5) is 15.3. The van der Waals surface area contributed by atoms with Gasteiger partial charge in [0.25, 0.3) is 0 Å². The lowest BCUT2D eigenvalue weighted by Crippen LogP contribution is -2.67. The van der Waals surface area contributed by atoms with E-state index in [1.807, 2.05) is 20.8 Å². The van der Waals surface area contributed by atoms with Crippen molar-refractivity contribution in [2.75, 3.05) is 26.2 Å². The molecule has 5 heteroatoms. The third-order valence-corrected chi connectivity index (χ3v) is 2.90. The average Bonchev–Trinajstić information content (AvgIpc) is 1.94. The lowest BCUT2D eigenvalue weighted by Gasteiger charge is -2.49. The van der Waals surface area contributed by atoms with Crippen molar-refractivity contribution in [3.8, 4) is 0 Å². The number of likely N-dealkylation sites (tertiary alicyclic amines) is 2. The minimum Gasteiger partial charge on any atom is -0.444 e. The van der Waals surface area contributed by atoms with Crippen LogP contribution in [0.25, 0.3) is 0 Å². The Kier molecular flexibility index (Phi) is 2.82. The van der Waals surface area contributed by atoms with Gasteiger partial charge in [-0.3, -0.25) is 4.90 Å². The van der Waals surface area contributed by atoms with Crippen LogP contribution in [0.1, 0.15) is 20.8 Å². The van der Waals surface area contributed by atoms with Crippen molar-refractivity contribution in [2.24, 2.45) is 0 Å². The van der Waals surface area contributed by atoms with Gasteiger partial charge < -0.3 is 9.64 Å². The van der Waals surface area contributed by atoms with Crippen LogP contribution in [0.2, 0.25) is 0 Å². The summed E-state index contributed by atoms with van der Waals surface area (Å²) in [7, 11) is 0. The van der Waals surface area contributed by atoms with Crippen molar-refractivity contribution >= 4 is 6.09 Å². The molecule has 2 aliphatic heterocycles. The standard InChI is InChI=1S/C11H19FN2O2/c1-11(2,3)16-10(15)14-6-9(7-14)13-4-8(12)5-13/h8-9H,4-7H2,1-3H3. The number of hydrogen-bond acceptors (Lipinski definition) is 3. The van der Waals surface area contributed by atoms with Gasteiger partial charge in [0.1, 0.15) is 11.8 Å². The van der Waals surface area contributed by atoms with Crippen LogP contribution in [0.4, 0.5) is 9.18 Å². The Balaban J connectivity index is 1.70. The minimum atomic E-state index is -0.671. The molecule has 1 amide bonds. The van der Waals surface area contributed by atoms with E-state index in [0.29, 0.717) is 32.2 Å². The van der Waals surface area contributed by atoms with Gasteiger partial charge in [-0.1, -0.05) is 0 Å². The van der Waals surface area contributed by atoms with Crippen LogP contribution in [-0.2, 0) is 4.74 Å². The molecule has 0 aromatic carbocycles. The second-order valence-corrected chi connectivity index (χ2v) is 5.59. The van der Waals surface area contributed by atoms with Gasteiger partial charge in [0.2, 0.25) is 0 Å². The average molecular weight is 230 g/mol. The van der Waals surface area contributed by atoms with Gasteiger partial charge in [0.05, 0.1) is 0 Å². The van der Waals surface area contributed by atoms with Crippen molar-refractivity contribution in [1.29, 1.82) is 0 Å². The first-order valence-corrected chi connectivity index (χ1v) is 5.71. The van der Waals surface area contributed by atoms with Gasteiger partial charge in [-0.05, 0) is 20.8 Å². The fourth-order valence-corrected chi connectivity index (χ4v) is 1.92. The number of rotatable bonds is 1. The van der Waals surface area contributed by atoms with E-state index in [1.54, 1.807) is 4.90 Å². The Morgan fingerprint density at radius 3 is 2.25 bits per heavy atom. The van der Waals surface area contributed by atoms with Crippen LogP contribution in [-0.4, -0.2) is 59.9 Å². The molecule has 0 bridgehead atoms. The van der Waals surface area contributed by atoms with Gasteiger partial charge in [0, 0.05) is 32.2 Å². The molecule has 2 heterocycles. The SMILES string of the molecule is CC(C)(C)OC(=O)N1CC(N2CC(F)C2)C1. The molecule has 2 fully saturated rings. The topological polar surface area (TPSA) is 32.8 Å². The molecule has 0 radical (unpaired) electrons. The fourth-order valence-electron chi connectivity index (χ4n) is 1.92. The van der Waals surface area contributed by atoms with Crippen LogP contribution < -0.4 is 0 Å². The number of alkyl halides is 1. The van der Waals surface area contributed by atoms with E-state index in [2.05, 4.69) is 4.90 Å². The number of carbonyl (C=O) groups excluding carboxylic acids is 1. The molecule has 0 saturated carbocycles. The summed E-state index contributed by atoms with van der Waals surface area (Å²) in [6, 6.07) is 0.333. The van der Waals surface area contributed by atoms with Gasteiger partial charge in [0.15, 0.2) is 0 Å². The molecule has 2 rings (SSSR count). The quantitative estimate of drug-likeness (QED) is 0.680. The molecule has 0 atom stereocenters. The molecule has 2 saturated heterocycles. The Morgan fingerprint density at radius 1 is 1.25 bits per heavy atom. The lowest BCUT2D eigenvalue weighted by atomic mass is 10.0. The van der Waals surface area contributed by atoms with Crippen LogP contribution in [0.3, 0.4) is 0 Å². The number of halogens is 1. The van der Waals surface area contributed by atoms with Crippen LogP contribution >= 0.6 is 0 Å². The summed E-state index contributed by atoms with van der Waals surface area (Å²) in [6.45, 7) is 7.94. The monoisotopic (exact) mass is 230 g/mol. The van der Waals surface area contributed by atoms with Gasteiger partial charge in [-0.15, -0.1) is 0 Å². The first-order valence-electron chi connectivity index (χ1n) is 5.71. The van der Waals surface area contributed by atoms with Crippen LogP contribution in [0.5, 0.6) is 0 Å². The van der Waals surface area contributed by atoms with E-state index in [9.17, 15) is 9.18 Å². The predicted octanol–water partition coefficient (Wildman–Crippen LogP) is 1.26. The molecule has 0 aromatic rings. The third-order valence-electron chi connectivity index (χ3n) is 2.90. The second-order valence-electron chi connectivity index (χ2n) is 5.59. The van der Waals surface area contributed by atoms with Gasteiger partial charge in [-0.25, -0.2) is 9.18 Å². The molecule has 0 N–H and O–H groups in total. The molecule has 0 unspecified atom stereocenters. The molecule has 0 aromatic heterocycles. The summed E-state index contributed by atoms with van der Waals surface area (Å²) in [5.74, 6) is 0. The molecular formula is C11H19FN2O2. The Bertz CT molecular complexity index is 278. The van der Waals surface area contributed by atoms with Crippen molar-refractivity contribution in [3.63, 3.8) is 0 Å². The molecule has 2 aliphatic rings. The Labute approximate surface area is 95.3 Å². The summed E-state index contributed by atoms with van der Waals surface area (Å²) >= 11 is 0. The minimum absolute atomic E-state index is 0.263. The van der Waals surface area contributed by atoms with Crippen molar-refractivity contribution < 1.29 is 13.9 Å². The molecule has 92 valence electrons. The van der Waals surface area contributed by atoms with Crippen LogP contribution in [0.15, 0.2) is 0 Å². The first-order chi connectivity index (χ1) is 7.35. The Morgan fingerprint density at radius 2 is 1.81 bits per heavy atom. The summed E-state index contributed by atoms with van der Waals surface area (Å²) in [5.41, 5.74) is -0.442. The maximum absolute atomic E-state index is 12.6. The molecule has 0 aliphatic carbocycles. The predicted molar refractivity (Wildman–Crippen MR) is 58.1 cm³/mol. The highest BCUT2D eigenvalue weighted by atomic mass is 19.1. The number of ether oxygens (including phenoxy) is 1. The zero-order valence-electron chi connectivity index (χ0n) is 10.1. The van der Waals surface area contributed by atoms with E-state index < -0.39 is 11.8 Å². The highest BCUT2D eigenvalue weighted by molar-refractivity contribution is 5.69. The third kappa shape index (κ3) is 2.45. The summed E-state index contributed by atoms with van der Waals surface area (Å²) < 4.78 is 17.9. The molecule has 4 nitrogen and oxygen atoms in total. The number of amides is 1. The van der Waals surface area contributed by atoms with Gasteiger partial charge >= 0.3 is 6.09 Å². The van der Waals surface area contributed by atoms with Crippen molar-refractivity contribution in [3.05, 3.63) is 0 Å². The van der Waals surface area contributed by atoms with E-state index in [-0.39, 0.29) is 6.09 Å². The maximum atomic E-state index is 12.6. The first kappa shape index (κ1) is 11.6.